The average Bonchev–Trinajstić information content (AvgIpc) is 3.31. The molecule has 2 aromatic rings. The molecule has 8 heteroatoms. The Kier molecular flexibility index (Phi) is 3.60. The second-order valence-corrected chi connectivity index (χ2v) is 6.13. The van der Waals surface area contributed by atoms with Gasteiger partial charge in [0.15, 0.2) is 17.0 Å². The summed E-state index contributed by atoms with van der Waals surface area (Å²) in [5.41, 5.74) is 1.75. The fourth-order valence-electron chi connectivity index (χ4n) is 2.98. The van der Waals surface area contributed by atoms with Crippen molar-refractivity contribution in [3.8, 4) is 0 Å². The van der Waals surface area contributed by atoms with E-state index in [1.807, 2.05) is 6.33 Å². The first-order chi connectivity index (χ1) is 11.2. The Morgan fingerprint density at radius 3 is 3.04 bits per heavy atom. The second kappa shape index (κ2) is 5.77. The number of nitrogens with zero attached hydrogens (tertiary/aromatic N) is 5. The fourth-order valence-corrected chi connectivity index (χ4v) is 2.98. The molecule has 122 valence electrons. The van der Waals surface area contributed by atoms with Gasteiger partial charge in [-0.25, -0.2) is 15.0 Å². The van der Waals surface area contributed by atoms with Crippen molar-refractivity contribution >= 4 is 22.9 Å². The maximum atomic E-state index is 11.1. The Morgan fingerprint density at radius 2 is 2.26 bits per heavy atom. The lowest BCUT2D eigenvalue weighted by molar-refractivity contribution is -0.119. The van der Waals surface area contributed by atoms with Crippen LogP contribution in [0.25, 0.3) is 11.2 Å². The molecular weight excluding hydrogens is 296 g/mol. The highest BCUT2D eigenvalue weighted by molar-refractivity contribution is 5.83. The summed E-state index contributed by atoms with van der Waals surface area (Å²) < 4.78 is 7.87. The first-order valence-corrected chi connectivity index (χ1v) is 8.01. The van der Waals surface area contributed by atoms with Crippen molar-refractivity contribution in [2.24, 2.45) is 0 Å². The highest BCUT2D eigenvalue weighted by atomic mass is 16.5. The van der Waals surface area contributed by atoms with Crippen molar-refractivity contribution in [2.45, 2.75) is 31.9 Å². The quantitative estimate of drug-likeness (QED) is 0.884. The van der Waals surface area contributed by atoms with Crippen LogP contribution in [0.4, 0.5) is 5.82 Å². The van der Waals surface area contributed by atoms with Crippen LogP contribution in [0.5, 0.6) is 0 Å². The van der Waals surface area contributed by atoms with Crippen molar-refractivity contribution in [1.29, 1.82) is 0 Å². The molecule has 1 unspecified atom stereocenters. The van der Waals surface area contributed by atoms with Crippen molar-refractivity contribution in [3.05, 3.63) is 12.7 Å². The van der Waals surface area contributed by atoms with Crippen LogP contribution in [-0.4, -0.2) is 57.8 Å². The van der Waals surface area contributed by atoms with Crippen LogP contribution in [0.1, 0.15) is 25.8 Å². The number of fused-ring (bicyclic) bond motifs is 1. The van der Waals surface area contributed by atoms with Gasteiger partial charge in [0.05, 0.1) is 19.0 Å². The molecule has 1 amide bonds. The molecule has 0 spiro atoms. The molecule has 1 saturated carbocycles. The molecule has 1 saturated heterocycles. The van der Waals surface area contributed by atoms with Crippen molar-refractivity contribution in [1.82, 2.24) is 24.8 Å². The zero-order valence-electron chi connectivity index (χ0n) is 13.1. The number of rotatable bonds is 4. The minimum absolute atomic E-state index is 0.0387. The number of hydrogen-bond acceptors (Lipinski definition) is 6. The number of amides is 1. The molecule has 2 fully saturated rings. The topological polar surface area (TPSA) is 85.2 Å². The number of carbonyl (C=O) groups excluding carboxylic acids is 1. The number of hydrogen-bond donors (Lipinski definition) is 1. The molecule has 2 aromatic heterocycles. The predicted molar refractivity (Wildman–Crippen MR) is 84.2 cm³/mol. The van der Waals surface area contributed by atoms with E-state index in [0.29, 0.717) is 25.7 Å². The molecule has 0 bridgehead atoms. The highest BCUT2D eigenvalue weighted by Gasteiger charge is 2.28. The first-order valence-electron chi connectivity index (χ1n) is 8.01. The Bertz CT molecular complexity index is 726. The van der Waals surface area contributed by atoms with E-state index in [9.17, 15) is 4.79 Å². The number of ether oxygens (including phenoxy) is 1. The minimum Gasteiger partial charge on any atom is -0.373 e. The van der Waals surface area contributed by atoms with Gasteiger partial charge in [0.1, 0.15) is 6.33 Å². The van der Waals surface area contributed by atoms with E-state index in [1.165, 1.54) is 19.8 Å². The van der Waals surface area contributed by atoms with Gasteiger partial charge in [-0.2, -0.15) is 0 Å². The number of imidazole rings is 1. The summed E-state index contributed by atoms with van der Waals surface area (Å²) in [6.45, 7) is 4.08. The molecule has 0 aromatic carbocycles. The first kappa shape index (κ1) is 14.4. The van der Waals surface area contributed by atoms with Gasteiger partial charge in [0, 0.05) is 32.6 Å². The molecule has 1 aliphatic carbocycles. The molecule has 2 aliphatic rings. The Labute approximate surface area is 133 Å². The standard InChI is InChI=1S/C15H20N6O2/c1-10(22)16-6-12-7-20(4-5-23-12)14-13-15(18-8-17-14)21(9-19-13)11-2-3-11/h8-9,11-12H,2-7H2,1H3,(H,16,22). The molecule has 8 nitrogen and oxygen atoms in total. The van der Waals surface area contributed by atoms with Crippen molar-refractivity contribution in [2.75, 3.05) is 31.1 Å². The van der Waals surface area contributed by atoms with Gasteiger partial charge in [0.25, 0.3) is 0 Å². The zero-order valence-corrected chi connectivity index (χ0v) is 13.1. The number of aromatic nitrogens is 4. The van der Waals surface area contributed by atoms with Gasteiger partial charge in [-0.3, -0.25) is 4.79 Å². The molecule has 1 atom stereocenters. The third-order valence-electron chi connectivity index (χ3n) is 4.30. The van der Waals surface area contributed by atoms with Crippen LogP contribution in [0.15, 0.2) is 12.7 Å². The maximum Gasteiger partial charge on any atom is 0.216 e. The lowest BCUT2D eigenvalue weighted by atomic mass is 10.2. The third kappa shape index (κ3) is 2.86. The van der Waals surface area contributed by atoms with Crippen LogP contribution in [0.3, 0.4) is 0 Å². The average molecular weight is 316 g/mol. The van der Waals surface area contributed by atoms with Gasteiger partial charge >= 0.3 is 0 Å². The number of anilines is 1. The lowest BCUT2D eigenvalue weighted by Crippen LogP contribution is -2.47. The van der Waals surface area contributed by atoms with E-state index in [0.717, 1.165) is 23.5 Å². The molecule has 1 N–H and O–H groups in total. The smallest absolute Gasteiger partial charge is 0.216 e. The SMILES string of the molecule is CC(=O)NCC1CN(c2ncnc3c2ncn3C2CC2)CCO1. The van der Waals surface area contributed by atoms with E-state index >= 15 is 0 Å². The van der Waals surface area contributed by atoms with E-state index in [1.54, 1.807) is 6.33 Å². The van der Waals surface area contributed by atoms with Crippen LogP contribution in [-0.2, 0) is 9.53 Å². The molecule has 3 heterocycles. The van der Waals surface area contributed by atoms with E-state index in [4.69, 9.17) is 4.74 Å². The summed E-state index contributed by atoms with van der Waals surface area (Å²) in [7, 11) is 0. The highest BCUT2D eigenvalue weighted by Crippen LogP contribution is 2.37. The van der Waals surface area contributed by atoms with E-state index in [-0.39, 0.29) is 12.0 Å². The number of nitrogens with one attached hydrogen (secondary N) is 1. The van der Waals surface area contributed by atoms with Gasteiger partial charge in [0.2, 0.25) is 5.91 Å². The summed E-state index contributed by atoms with van der Waals surface area (Å²) in [5.74, 6) is 0.809. The normalized spacial score (nSPS) is 21.6. The van der Waals surface area contributed by atoms with Crippen LogP contribution < -0.4 is 10.2 Å². The molecule has 23 heavy (non-hydrogen) atoms. The summed E-state index contributed by atoms with van der Waals surface area (Å²) in [6, 6.07) is 0.542. The predicted octanol–water partition coefficient (Wildman–Crippen LogP) is 0.502. The second-order valence-electron chi connectivity index (χ2n) is 6.13. The fraction of sp³-hybridized carbons (Fsp3) is 0.600. The minimum atomic E-state index is -0.0432. The van der Waals surface area contributed by atoms with Crippen LogP contribution >= 0.6 is 0 Å². The van der Waals surface area contributed by atoms with Gasteiger partial charge < -0.3 is 19.5 Å². The lowest BCUT2D eigenvalue weighted by Gasteiger charge is -2.33. The van der Waals surface area contributed by atoms with E-state index < -0.39 is 0 Å². The number of morpholine rings is 1. The summed E-state index contributed by atoms with van der Waals surface area (Å²) >= 11 is 0. The van der Waals surface area contributed by atoms with Gasteiger partial charge in [-0.15, -0.1) is 0 Å². The van der Waals surface area contributed by atoms with Gasteiger partial charge in [-0.1, -0.05) is 0 Å². The van der Waals surface area contributed by atoms with E-state index in [2.05, 4.69) is 29.7 Å². The number of carbonyl (C=O) groups is 1. The molecular formula is C15H20N6O2. The largest absolute Gasteiger partial charge is 0.373 e. The van der Waals surface area contributed by atoms with Gasteiger partial charge in [-0.05, 0) is 12.8 Å². The Balaban J connectivity index is 1.57. The maximum absolute atomic E-state index is 11.1. The third-order valence-corrected chi connectivity index (χ3v) is 4.30. The Morgan fingerprint density at radius 1 is 1.39 bits per heavy atom. The zero-order chi connectivity index (χ0) is 15.8. The monoisotopic (exact) mass is 316 g/mol. The molecule has 4 rings (SSSR count). The van der Waals surface area contributed by atoms with Crippen LogP contribution in [0.2, 0.25) is 0 Å². The van der Waals surface area contributed by atoms with Crippen molar-refractivity contribution in [3.63, 3.8) is 0 Å². The van der Waals surface area contributed by atoms with Crippen LogP contribution in [0, 0.1) is 0 Å². The Hall–Kier alpha value is -2.22. The summed E-state index contributed by atoms with van der Waals surface area (Å²) in [6.07, 6.45) is 5.83. The van der Waals surface area contributed by atoms with Crippen molar-refractivity contribution < 1.29 is 9.53 Å². The summed E-state index contributed by atoms with van der Waals surface area (Å²) in [4.78, 5) is 26.6. The molecule has 1 aliphatic heterocycles. The molecule has 0 radical (unpaired) electrons. The summed E-state index contributed by atoms with van der Waals surface area (Å²) in [5, 5.41) is 2.81.